The number of benzene rings is 7. The van der Waals surface area contributed by atoms with Crippen LogP contribution in [0, 0.1) is 0 Å². The molecule has 0 unspecified atom stereocenters. The fourth-order valence-corrected chi connectivity index (χ4v) is 4.84. The van der Waals surface area contributed by atoms with Crippen LogP contribution in [0.25, 0.3) is 65.3 Å². The predicted molar refractivity (Wildman–Crippen MR) is 151 cm³/mol. The molecule has 0 saturated carbocycles. The molecule has 0 radical (unpaired) electrons. The van der Waals surface area contributed by atoms with E-state index in [1.54, 1.807) is 0 Å². The highest BCUT2D eigenvalue weighted by Gasteiger charge is 2.37. The normalized spacial score (nSPS) is 24.7. The summed E-state index contributed by atoms with van der Waals surface area (Å²) >= 11 is 0. The molecule has 1 aliphatic rings. The highest BCUT2D eigenvalue weighted by Crippen LogP contribution is 2.52. The lowest BCUT2D eigenvalue weighted by molar-refractivity contribution is 0.666. The summed E-state index contributed by atoms with van der Waals surface area (Å²) in [7, 11) is 0. The van der Waals surface area contributed by atoms with Gasteiger partial charge in [0.2, 0.25) is 0 Å². The summed E-state index contributed by atoms with van der Waals surface area (Å²) in [5.74, 6) is 0. The van der Waals surface area contributed by atoms with Crippen molar-refractivity contribution in [3.8, 4) is 22.3 Å². The molecule has 1 aliphatic carbocycles. The van der Waals surface area contributed by atoms with Crippen LogP contribution in [0.1, 0.15) is 57.7 Å². The van der Waals surface area contributed by atoms with Crippen LogP contribution >= 0.6 is 0 Å². The molecular formula is C35H24. The molecule has 0 nitrogen and oxygen atoms in total. The Hall–Kier alpha value is -4.16. The molecule has 35 heavy (non-hydrogen) atoms. The summed E-state index contributed by atoms with van der Waals surface area (Å²) in [5, 5.41) is -4.02. The van der Waals surface area contributed by atoms with Crippen molar-refractivity contribution in [1.82, 2.24) is 0 Å². The van der Waals surface area contributed by atoms with Crippen molar-refractivity contribution in [1.29, 1.82) is 0 Å². The van der Waals surface area contributed by atoms with Crippen LogP contribution in [0.2, 0.25) is 0 Å². The minimum absolute atomic E-state index is 0.294. The van der Waals surface area contributed by atoms with Gasteiger partial charge in [-0.3, -0.25) is 0 Å². The van der Waals surface area contributed by atoms with Crippen LogP contribution < -0.4 is 0 Å². The first kappa shape index (κ1) is 7.18. The Morgan fingerprint density at radius 3 is 2.06 bits per heavy atom. The van der Waals surface area contributed by atoms with E-state index in [0.29, 0.717) is 0 Å². The second-order valence-corrected chi connectivity index (χ2v) is 8.25. The molecule has 0 spiro atoms. The molecule has 0 amide bonds. The summed E-state index contributed by atoms with van der Waals surface area (Å²) in [4.78, 5) is 0. The summed E-state index contributed by atoms with van der Waals surface area (Å²) in [6.07, 6.45) is 0. The molecule has 0 heteroatoms. The number of fused-ring (bicyclic) bond motifs is 5. The Kier molecular flexibility index (Phi) is 1.33. The Labute approximate surface area is 238 Å². The Morgan fingerprint density at radius 1 is 0.543 bits per heavy atom. The van der Waals surface area contributed by atoms with Crippen LogP contribution in [-0.4, -0.2) is 0 Å². The molecule has 8 rings (SSSR count). The molecule has 0 aromatic heterocycles. The maximum absolute atomic E-state index is 9.73. The average molecular weight is 469 g/mol. The van der Waals surface area contributed by atoms with Crippen LogP contribution in [0.3, 0.4) is 0 Å². The summed E-state index contributed by atoms with van der Waals surface area (Å²) in [6.45, 7) is -7.67. The zero-order valence-electron chi connectivity index (χ0n) is 41.5. The van der Waals surface area contributed by atoms with Gasteiger partial charge in [0.05, 0.1) is 24.7 Å². The molecule has 0 bridgehead atoms. The number of hydrogen-bond acceptors (Lipinski definition) is 0. The first-order valence-corrected chi connectivity index (χ1v) is 10.5. The number of rotatable bonds is 1. The van der Waals surface area contributed by atoms with Crippen molar-refractivity contribution >= 4 is 43.1 Å². The zero-order chi connectivity index (χ0) is 44.0. The second-order valence-electron chi connectivity index (χ2n) is 8.25. The van der Waals surface area contributed by atoms with Crippen LogP contribution in [0.15, 0.2) is 109 Å². The molecular weight excluding hydrogens is 420 g/mol. The van der Waals surface area contributed by atoms with E-state index >= 15 is 0 Å². The SMILES string of the molecule is [2H]c1c([2H])c2c(c([2H])c1-c1c([2H])c([2H])c3c([2H])c([2H])c4c([2H])c([2H])c([2H])c5c([2H])c([2H])c1c3c45)C(C([2H])([2H])[2H])(C([2H])([2H])[2H])c1c-2c([2H])c([2H])c2c([2H])c([2H])c([2H])c([2H])c12. The largest absolute Gasteiger partial charge is 0.0633 e. The molecule has 164 valence electrons. The van der Waals surface area contributed by atoms with Crippen LogP contribution in [0.5, 0.6) is 0 Å². The molecule has 7 aromatic rings. The summed E-state index contributed by atoms with van der Waals surface area (Å²) in [5.41, 5.74) is -8.74. The van der Waals surface area contributed by atoms with Crippen molar-refractivity contribution in [3.63, 3.8) is 0 Å². The minimum Gasteiger partial charge on any atom is -0.0616 e. The molecule has 0 N–H and O–H groups in total. The molecule has 0 saturated heterocycles. The predicted octanol–water partition coefficient (Wildman–Crippen LogP) is 9.71. The van der Waals surface area contributed by atoms with Gasteiger partial charge in [-0.05, 0) is 82.5 Å². The standard InChI is InChI=1S/C35H24/c1-35(2)31-20-25(15-17-28(31)30-19-12-21-6-3-4-9-27(21)34(30)35)26-16-13-24-11-10-22-7-5-8-23-14-18-29(26)33(24)32(22)23/h3-20H,1-2H3/i1D3,2D3,3D,4D,5D,6D,7D,8D,9D,10D,11D,12D,13D,14D,15D,16D,17D,18D,19D,20D. The third-order valence-electron chi connectivity index (χ3n) is 6.38. The second kappa shape index (κ2) is 6.49. The lowest BCUT2D eigenvalue weighted by Crippen LogP contribution is -2.15. The van der Waals surface area contributed by atoms with Gasteiger partial charge in [0, 0.05) is 13.6 Å². The Bertz CT molecular complexity index is 3120. The van der Waals surface area contributed by atoms with Gasteiger partial charge in [-0.15, -0.1) is 0 Å². The van der Waals surface area contributed by atoms with Gasteiger partial charge in [0.1, 0.15) is 0 Å². The van der Waals surface area contributed by atoms with Crippen molar-refractivity contribution in [2.24, 2.45) is 0 Å². The summed E-state index contributed by atoms with van der Waals surface area (Å²) < 4.78 is 213. The van der Waals surface area contributed by atoms with Crippen molar-refractivity contribution in [3.05, 3.63) is 120 Å². The quantitative estimate of drug-likeness (QED) is 0.210. The minimum atomic E-state index is -3.84. The zero-order valence-corrected chi connectivity index (χ0v) is 17.5. The van der Waals surface area contributed by atoms with Crippen molar-refractivity contribution in [2.45, 2.75) is 19.1 Å². The number of hydrogen-bond donors (Lipinski definition) is 0. The van der Waals surface area contributed by atoms with Crippen molar-refractivity contribution < 1.29 is 32.9 Å². The van der Waals surface area contributed by atoms with E-state index in [9.17, 15) is 6.85 Å². The topological polar surface area (TPSA) is 0 Å². The fraction of sp³-hybridized carbons (Fsp3) is 0.0857. The Morgan fingerprint density at radius 2 is 1.20 bits per heavy atom. The van der Waals surface area contributed by atoms with Gasteiger partial charge < -0.3 is 0 Å². The maximum atomic E-state index is 9.73. The van der Waals surface area contributed by atoms with E-state index in [0.717, 1.165) is 0 Å². The molecule has 0 fully saturated rings. The first-order chi connectivity index (χ1) is 27.1. The van der Waals surface area contributed by atoms with Crippen LogP contribution in [-0.2, 0) is 5.41 Å². The van der Waals surface area contributed by atoms with E-state index < -0.39 is 194 Å². The van der Waals surface area contributed by atoms with E-state index in [2.05, 4.69) is 0 Å². The molecule has 0 heterocycles. The van der Waals surface area contributed by atoms with Gasteiger partial charge >= 0.3 is 0 Å². The van der Waals surface area contributed by atoms with Crippen molar-refractivity contribution in [2.75, 3.05) is 0 Å². The Balaban J connectivity index is 1.70. The molecule has 0 atom stereocenters. The molecule has 0 aliphatic heterocycles. The van der Waals surface area contributed by atoms with Gasteiger partial charge in [0.25, 0.3) is 0 Å². The smallest absolute Gasteiger partial charge is 0.0616 e. The fourth-order valence-electron chi connectivity index (χ4n) is 4.84. The van der Waals surface area contributed by atoms with Gasteiger partial charge in [-0.2, -0.15) is 0 Å². The van der Waals surface area contributed by atoms with E-state index in [4.69, 9.17) is 26.0 Å². The van der Waals surface area contributed by atoms with E-state index in [1.165, 1.54) is 0 Å². The van der Waals surface area contributed by atoms with E-state index in [-0.39, 0.29) is 10.8 Å². The highest BCUT2D eigenvalue weighted by atomic mass is 14.4. The average Bonchev–Trinajstić information content (AvgIpc) is 3.50. The summed E-state index contributed by atoms with van der Waals surface area (Å²) in [6, 6.07) is -15.9. The molecule has 7 aromatic carbocycles. The van der Waals surface area contributed by atoms with Crippen LogP contribution in [0.4, 0.5) is 0 Å². The van der Waals surface area contributed by atoms with Gasteiger partial charge in [-0.25, -0.2) is 0 Å². The lowest BCUT2D eigenvalue weighted by atomic mass is 9.79. The maximum Gasteiger partial charge on any atom is 0.0633 e. The lowest BCUT2D eigenvalue weighted by Gasteiger charge is -2.24. The first-order valence-electron chi connectivity index (χ1n) is 22.5. The van der Waals surface area contributed by atoms with Gasteiger partial charge in [0.15, 0.2) is 0 Å². The third kappa shape index (κ3) is 2.42. The van der Waals surface area contributed by atoms with E-state index in [1.807, 2.05) is 0 Å². The third-order valence-corrected chi connectivity index (χ3v) is 6.38. The highest BCUT2D eigenvalue weighted by molar-refractivity contribution is 6.25. The van der Waals surface area contributed by atoms with Gasteiger partial charge in [-0.1, -0.05) is 116 Å². The monoisotopic (exact) mass is 468 g/mol.